The summed E-state index contributed by atoms with van der Waals surface area (Å²) in [6, 6.07) is 2.88. The van der Waals surface area contributed by atoms with Gasteiger partial charge < -0.3 is 9.84 Å². The first-order chi connectivity index (χ1) is 7.24. The van der Waals surface area contributed by atoms with Gasteiger partial charge >= 0.3 is 5.97 Å². The van der Waals surface area contributed by atoms with Crippen molar-refractivity contribution in [1.29, 1.82) is 0 Å². The number of hydrogen-bond acceptors (Lipinski definition) is 3. The van der Waals surface area contributed by atoms with Crippen LogP contribution < -0.4 is 4.74 Å². The predicted molar refractivity (Wildman–Crippen MR) is 56.2 cm³/mol. The van der Waals surface area contributed by atoms with Crippen molar-refractivity contribution in [2.75, 3.05) is 6.61 Å². The largest absolute Gasteiger partial charge is 0.478 e. The summed E-state index contributed by atoms with van der Waals surface area (Å²) in [5, 5.41) is 8.74. The molecule has 0 aliphatic carbocycles. The molecule has 82 valence electrons. The maximum Gasteiger partial charge on any atom is 0.335 e. The van der Waals surface area contributed by atoms with Crippen LogP contribution in [0.4, 0.5) is 0 Å². The summed E-state index contributed by atoms with van der Waals surface area (Å²) in [6.45, 7) is 2.70. The van der Waals surface area contributed by atoms with Gasteiger partial charge in [-0.15, -0.1) is 0 Å². The van der Waals surface area contributed by atoms with Crippen molar-refractivity contribution in [2.45, 2.75) is 26.2 Å². The average molecular weight is 209 g/mol. The Morgan fingerprint density at radius 1 is 1.53 bits per heavy atom. The zero-order valence-electron chi connectivity index (χ0n) is 8.77. The number of rotatable bonds is 6. The van der Waals surface area contributed by atoms with E-state index in [-0.39, 0.29) is 5.56 Å². The lowest BCUT2D eigenvalue weighted by Gasteiger charge is -2.04. The van der Waals surface area contributed by atoms with E-state index in [9.17, 15) is 4.79 Å². The zero-order chi connectivity index (χ0) is 11.1. The molecule has 0 aliphatic heterocycles. The molecule has 1 N–H and O–H groups in total. The van der Waals surface area contributed by atoms with Gasteiger partial charge in [0.05, 0.1) is 12.2 Å². The van der Waals surface area contributed by atoms with Crippen LogP contribution in [0.25, 0.3) is 0 Å². The second-order valence-electron chi connectivity index (χ2n) is 3.24. The van der Waals surface area contributed by atoms with E-state index in [1.807, 2.05) is 0 Å². The van der Waals surface area contributed by atoms with Gasteiger partial charge in [0.1, 0.15) is 0 Å². The number of carbonyl (C=O) groups is 1. The van der Waals surface area contributed by atoms with Gasteiger partial charge in [0.25, 0.3) is 0 Å². The standard InChI is InChI=1S/C11H15NO3/c1-2-3-4-7-15-10-8-9(11(13)14)5-6-12-10/h5-6,8H,2-4,7H2,1H3,(H,13,14). The number of nitrogens with zero attached hydrogens (tertiary/aromatic N) is 1. The van der Waals surface area contributed by atoms with Crippen LogP contribution in [0.5, 0.6) is 5.88 Å². The molecule has 4 heteroatoms. The van der Waals surface area contributed by atoms with Gasteiger partial charge in [-0.25, -0.2) is 9.78 Å². The first-order valence-corrected chi connectivity index (χ1v) is 5.06. The summed E-state index contributed by atoms with van der Waals surface area (Å²) in [4.78, 5) is 14.6. The third-order valence-corrected chi connectivity index (χ3v) is 1.98. The van der Waals surface area contributed by atoms with Crippen molar-refractivity contribution in [3.63, 3.8) is 0 Å². The molecule has 15 heavy (non-hydrogen) atoms. The Morgan fingerprint density at radius 3 is 3.00 bits per heavy atom. The molecule has 0 fully saturated rings. The average Bonchev–Trinajstić information content (AvgIpc) is 2.25. The fourth-order valence-corrected chi connectivity index (χ4v) is 1.15. The molecule has 0 saturated carbocycles. The third kappa shape index (κ3) is 3.97. The normalized spacial score (nSPS) is 9.93. The van der Waals surface area contributed by atoms with Crippen molar-refractivity contribution in [2.24, 2.45) is 0 Å². The Bertz CT molecular complexity index is 325. The molecule has 4 nitrogen and oxygen atoms in total. The number of aromatic carboxylic acids is 1. The summed E-state index contributed by atoms with van der Waals surface area (Å²) in [7, 11) is 0. The molecule has 0 amide bonds. The zero-order valence-corrected chi connectivity index (χ0v) is 8.77. The summed E-state index contributed by atoms with van der Waals surface area (Å²) in [5.74, 6) is -0.582. The van der Waals surface area contributed by atoms with Crippen molar-refractivity contribution in [3.05, 3.63) is 23.9 Å². The van der Waals surface area contributed by atoms with Gasteiger partial charge in [-0.1, -0.05) is 19.8 Å². The molecular weight excluding hydrogens is 194 g/mol. The maximum atomic E-state index is 10.6. The molecule has 0 unspecified atom stereocenters. The fourth-order valence-electron chi connectivity index (χ4n) is 1.15. The Kier molecular flexibility index (Phi) is 4.60. The summed E-state index contributed by atoms with van der Waals surface area (Å²) in [6.07, 6.45) is 4.65. The lowest BCUT2D eigenvalue weighted by atomic mass is 10.2. The number of hydrogen-bond donors (Lipinski definition) is 1. The van der Waals surface area contributed by atoms with Crippen molar-refractivity contribution < 1.29 is 14.6 Å². The highest BCUT2D eigenvalue weighted by molar-refractivity contribution is 5.87. The maximum absolute atomic E-state index is 10.6. The van der Waals surface area contributed by atoms with Gasteiger partial charge in [0.15, 0.2) is 0 Å². The lowest BCUT2D eigenvalue weighted by molar-refractivity contribution is 0.0696. The Hall–Kier alpha value is -1.58. The van der Waals surface area contributed by atoms with E-state index in [4.69, 9.17) is 9.84 Å². The molecule has 1 heterocycles. The molecule has 1 aromatic heterocycles. The molecule has 0 saturated heterocycles. The Morgan fingerprint density at radius 2 is 2.33 bits per heavy atom. The van der Waals surface area contributed by atoms with Crippen LogP contribution in [0, 0.1) is 0 Å². The summed E-state index contributed by atoms with van der Waals surface area (Å²) in [5.41, 5.74) is 0.204. The van der Waals surface area contributed by atoms with Crippen LogP contribution >= 0.6 is 0 Å². The summed E-state index contributed by atoms with van der Waals surface area (Å²) < 4.78 is 5.32. The summed E-state index contributed by atoms with van der Waals surface area (Å²) >= 11 is 0. The number of unbranched alkanes of at least 4 members (excludes halogenated alkanes) is 2. The van der Waals surface area contributed by atoms with Gasteiger partial charge in [0, 0.05) is 12.3 Å². The van der Waals surface area contributed by atoms with E-state index in [1.54, 1.807) is 0 Å². The van der Waals surface area contributed by atoms with Crippen molar-refractivity contribution in [3.8, 4) is 5.88 Å². The molecule has 0 aliphatic rings. The van der Waals surface area contributed by atoms with Gasteiger partial charge in [-0.3, -0.25) is 0 Å². The van der Waals surface area contributed by atoms with Crippen LogP contribution in [0.3, 0.4) is 0 Å². The van der Waals surface area contributed by atoms with Crippen molar-refractivity contribution in [1.82, 2.24) is 4.98 Å². The van der Waals surface area contributed by atoms with E-state index in [0.29, 0.717) is 12.5 Å². The van der Waals surface area contributed by atoms with Crippen molar-refractivity contribution >= 4 is 5.97 Å². The number of pyridine rings is 1. The van der Waals surface area contributed by atoms with Crippen LogP contribution in [-0.4, -0.2) is 22.7 Å². The minimum absolute atomic E-state index is 0.204. The molecule has 0 spiro atoms. The highest BCUT2D eigenvalue weighted by Crippen LogP contribution is 2.09. The van der Waals surface area contributed by atoms with Crippen LogP contribution in [0.2, 0.25) is 0 Å². The highest BCUT2D eigenvalue weighted by Gasteiger charge is 2.04. The smallest absolute Gasteiger partial charge is 0.335 e. The first-order valence-electron chi connectivity index (χ1n) is 5.06. The van der Waals surface area contributed by atoms with Gasteiger partial charge in [-0.2, -0.15) is 0 Å². The second-order valence-corrected chi connectivity index (χ2v) is 3.24. The number of carboxylic acid groups (broad SMARTS) is 1. The molecule has 0 radical (unpaired) electrons. The lowest BCUT2D eigenvalue weighted by Crippen LogP contribution is -2.01. The van der Waals surface area contributed by atoms with E-state index < -0.39 is 5.97 Å². The fraction of sp³-hybridized carbons (Fsp3) is 0.455. The van der Waals surface area contributed by atoms with E-state index in [0.717, 1.165) is 19.3 Å². The topological polar surface area (TPSA) is 59.4 Å². The minimum Gasteiger partial charge on any atom is -0.478 e. The molecule has 0 atom stereocenters. The molecule has 1 aromatic rings. The van der Waals surface area contributed by atoms with Crippen LogP contribution in [0.1, 0.15) is 36.5 Å². The Balaban J connectivity index is 2.47. The molecule has 1 rings (SSSR count). The number of aromatic nitrogens is 1. The number of carboxylic acids is 1. The second kappa shape index (κ2) is 6.01. The van der Waals surface area contributed by atoms with Crippen LogP contribution in [-0.2, 0) is 0 Å². The van der Waals surface area contributed by atoms with E-state index in [1.165, 1.54) is 18.3 Å². The van der Waals surface area contributed by atoms with Gasteiger partial charge in [0.2, 0.25) is 5.88 Å². The molecule has 0 bridgehead atoms. The SMILES string of the molecule is CCCCCOc1cc(C(=O)O)ccn1. The minimum atomic E-state index is -0.962. The molecule has 0 aromatic carbocycles. The Labute approximate surface area is 88.9 Å². The van der Waals surface area contributed by atoms with Gasteiger partial charge in [-0.05, 0) is 12.5 Å². The van der Waals surface area contributed by atoms with E-state index in [2.05, 4.69) is 11.9 Å². The monoisotopic (exact) mass is 209 g/mol. The third-order valence-electron chi connectivity index (χ3n) is 1.98. The van der Waals surface area contributed by atoms with Crippen LogP contribution in [0.15, 0.2) is 18.3 Å². The predicted octanol–water partition coefficient (Wildman–Crippen LogP) is 2.35. The molecular formula is C11H15NO3. The number of ether oxygens (including phenoxy) is 1. The first kappa shape index (κ1) is 11.5. The highest BCUT2D eigenvalue weighted by atomic mass is 16.5. The van der Waals surface area contributed by atoms with E-state index >= 15 is 0 Å². The quantitative estimate of drug-likeness (QED) is 0.730.